The summed E-state index contributed by atoms with van der Waals surface area (Å²) in [4.78, 5) is 13.7. The molecular formula is C12H23NO3. The summed E-state index contributed by atoms with van der Waals surface area (Å²) in [7, 11) is 1.42. The van der Waals surface area contributed by atoms with Gasteiger partial charge in [0.15, 0.2) is 0 Å². The molecule has 1 N–H and O–H groups in total. The van der Waals surface area contributed by atoms with Crippen molar-refractivity contribution < 1.29 is 14.6 Å². The van der Waals surface area contributed by atoms with Crippen LogP contribution < -0.4 is 0 Å². The van der Waals surface area contributed by atoms with Gasteiger partial charge in [0.2, 0.25) is 0 Å². The third-order valence-electron chi connectivity index (χ3n) is 3.70. The molecule has 3 unspecified atom stereocenters. The second kappa shape index (κ2) is 6.21. The summed E-state index contributed by atoms with van der Waals surface area (Å²) in [5.74, 6) is -0.313. The molecule has 1 rings (SSSR count). The number of rotatable bonds is 4. The fraction of sp³-hybridized carbons (Fsp3) is 0.917. The topological polar surface area (TPSA) is 49.8 Å². The van der Waals surface area contributed by atoms with E-state index in [9.17, 15) is 9.90 Å². The summed E-state index contributed by atoms with van der Waals surface area (Å²) in [5.41, 5.74) is 0. The van der Waals surface area contributed by atoms with Crippen molar-refractivity contribution in [1.82, 2.24) is 4.90 Å². The number of carbonyl (C=O) groups excluding carboxylic acids is 1. The van der Waals surface area contributed by atoms with E-state index in [1.807, 2.05) is 13.8 Å². The minimum Gasteiger partial charge on any atom is -0.469 e. The highest BCUT2D eigenvalue weighted by molar-refractivity contribution is 5.72. The average molecular weight is 229 g/mol. The van der Waals surface area contributed by atoms with E-state index in [-0.39, 0.29) is 30.6 Å². The summed E-state index contributed by atoms with van der Waals surface area (Å²) in [6, 6.07) is 0.334. The number of aliphatic hydroxyl groups is 1. The zero-order chi connectivity index (χ0) is 12.1. The van der Waals surface area contributed by atoms with Crippen molar-refractivity contribution in [2.24, 2.45) is 5.92 Å². The van der Waals surface area contributed by atoms with Gasteiger partial charge >= 0.3 is 5.97 Å². The first-order valence-corrected chi connectivity index (χ1v) is 6.06. The maximum Gasteiger partial charge on any atom is 0.309 e. The quantitative estimate of drug-likeness (QED) is 0.732. The summed E-state index contributed by atoms with van der Waals surface area (Å²) < 4.78 is 4.76. The molecule has 0 aromatic heterocycles. The van der Waals surface area contributed by atoms with Crippen molar-refractivity contribution in [1.29, 1.82) is 0 Å². The monoisotopic (exact) mass is 229 g/mol. The van der Waals surface area contributed by atoms with Gasteiger partial charge in [-0.15, -0.1) is 0 Å². The Hall–Kier alpha value is -0.610. The first-order valence-electron chi connectivity index (χ1n) is 6.06. The molecular weight excluding hydrogens is 206 g/mol. The SMILES string of the molecule is COC(=O)C(C)C(C)N1CCCCC1CO. The molecule has 4 nitrogen and oxygen atoms in total. The van der Waals surface area contributed by atoms with Crippen molar-refractivity contribution in [3.05, 3.63) is 0 Å². The van der Waals surface area contributed by atoms with Crippen molar-refractivity contribution >= 4 is 5.97 Å². The second-order valence-electron chi connectivity index (χ2n) is 4.62. The van der Waals surface area contributed by atoms with Crippen LogP contribution in [0.25, 0.3) is 0 Å². The number of carbonyl (C=O) groups is 1. The molecule has 0 saturated carbocycles. The highest BCUT2D eigenvalue weighted by Gasteiger charge is 2.32. The normalized spacial score (nSPS) is 26.1. The maximum atomic E-state index is 11.5. The van der Waals surface area contributed by atoms with E-state index in [0.29, 0.717) is 0 Å². The summed E-state index contributed by atoms with van der Waals surface area (Å²) in [6.45, 7) is 5.07. The number of ether oxygens (including phenoxy) is 1. The second-order valence-corrected chi connectivity index (χ2v) is 4.62. The minimum absolute atomic E-state index is 0.130. The lowest BCUT2D eigenvalue weighted by atomic mass is 9.95. The molecule has 3 atom stereocenters. The Labute approximate surface area is 97.6 Å². The molecule has 1 aliphatic rings. The Morgan fingerprint density at radius 1 is 1.50 bits per heavy atom. The molecule has 0 spiro atoms. The molecule has 0 amide bonds. The van der Waals surface area contributed by atoms with E-state index >= 15 is 0 Å². The predicted octanol–water partition coefficient (Wildman–Crippen LogP) is 1.03. The molecule has 0 aromatic carbocycles. The number of esters is 1. The van der Waals surface area contributed by atoms with Crippen LogP contribution in [0.3, 0.4) is 0 Å². The third kappa shape index (κ3) is 2.95. The minimum atomic E-state index is -0.172. The Morgan fingerprint density at radius 3 is 2.75 bits per heavy atom. The third-order valence-corrected chi connectivity index (χ3v) is 3.70. The van der Waals surface area contributed by atoms with Crippen molar-refractivity contribution in [3.63, 3.8) is 0 Å². The van der Waals surface area contributed by atoms with Gasteiger partial charge < -0.3 is 9.84 Å². The van der Waals surface area contributed by atoms with E-state index in [0.717, 1.165) is 19.4 Å². The number of methoxy groups -OCH3 is 1. The molecule has 1 heterocycles. The molecule has 16 heavy (non-hydrogen) atoms. The molecule has 1 saturated heterocycles. The summed E-state index contributed by atoms with van der Waals surface area (Å²) in [6.07, 6.45) is 3.34. The molecule has 0 bridgehead atoms. The van der Waals surface area contributed by atoms with E-state index in [4.69, 9.17) is 4.74 Å². The highest BCUT2D eigenvalue weighted by Crippen LogP contribution is 2.23. The Kier molecular flexibility index (Phi) is 5.22. The van der Waals surface area contributed by atoms with Crippen LogP contribution in [0, 0.1) is 5.92 Å². The zero-order valence-corrected chi connectivity index (χ0v) is 10.5. The van der Waals surface area contributed by atoms with Crippen LogP contribution in [0.15, 0.2) is 0 Å². The van der Waals surface area contributed by atoms with Crippen molar-refractivity contribution in [3.8, 4) is 0 Å². The largest absolute Gasteiger partial charge is 0.469 e. The highest BCUT2D eigenvalue weighted by atomic mass is 16.5. The average Bonchev–Trinajstić information content (AvgIpc) is 2.35. The van der Waals surface area contributed by atoms with E-state index in [1.54, 1.807) is 0 Å². The fourth-order valence-electron chi connectivity index (χ4n) is 2.43. The first-order chi connectivity index (χ1) is 7.61. The number of hydrogen-bond acceptors (Lipinski definition) is 4. The lowest BCUT2D eigenvalue weighted by molar-refractivity contribution is -0.147. The molecule has 94 valence electrons. The smallest absolute Gasteiger partial charge is 0.309 e. The van der Waals surface area contributed by atoms with Gasteiger partial charge in [0.1, 0.15) is 0 Å². The molecule has 1 fully saturated rings. The lowest BCUT2D eigenvalue weighted by Crippen LogP contribution is -2.50. The van der Waals surface area contributed by atoms with Crippen LogP contribution in [0.4, 0.5) is 0 Å². The number of hydrogen-bond donors (Lipinski definition) is 1. The van der Waals surface area contributed by atoms with Crippen LogP contribution in [0.2, 0.25) is 0 Å². The van der Waals surface area contributed by atoms with Gasteiger partial charge in [0.05, 0.1) is 19.6 Å². The fourth-order valence-corrected chi connectivity index (χ4v) is 2.43. The maximum absolute atomic E-state index is 11.5. The number of likely N-dealkylation sites (tertiary alicyclic amines) is 1. The van der Waals surface area contributed by atoms with Crippen LogP contribution in [-0.4, -0.2) is 48.3 Å². The molecule has 1 aliphatic heterocycles. The van der Waals surface area contributed by atoms with Gasteiger partial charge in [-0.25, -0.2) is 0 Å². The Balaban J connectivity index is 2.62. The van der Waals surface area contributed by atoms with Gasteiger partial charge in [0, 0.05) is 12.1 Å². The van der Waals surface area contributed by atoms with Gasteiger partial charge in [-0.1, -0.05) is 13.3 Å². The van der Waals surface area contributed by atoms with E-state index in [1.165, 1.54) is 13.5 Å². The van der Waals surface area contributed by atoms with Gasteiger partial charge in [-0.3, -0.25) is 9.69 Å². The van der Waals surface area contributed by atoms with Crippen LogP contribution in [0.5, 0.6) is 0 Å². The van der Waals surface area contributed by atoms with Gasteiger partial charge in [-0.2, -0.15) is 0 Å². The van der Waals surface area contributed by atoms with Crippen molar-refractivity contribution in [2.75, 3.05) is 20.3 Å². The number of aliphatic hydroxyl groups excluding tert-OH is 1. The van der Waals surface area contributed by atoms with Crippen molar-refractivity contribution in [2.45, 2.75) is 45.2 Å². The van der Waals surface area contributed by atoms with Gasteiger partial charge in [-0.05, 0) is 26.3 Å². The predicted molar refractivity (Wildman–Crippen MR) is 62.1 cm³/mol. The summed E-state index contributed by atoms with van der Waals surface area (Å²) >= 11 is 0. The van der Waals surface area contributed by atoms with Crippen LogP contribution in [0.1, 0.15) is 33.1 Å². The van der Waals surface area contributed by atoms with E-state index < -0.39 is 0 Å². The molecule has 0 radical (unpaired) electrons. The molecule has 0 aliphatic carbocycles. The Bertz CT molecular complexity index is 232. The number of nitrogens with zero attached hydrogens (tertiary/aromatic N) is 1. The molecule has 4 heteroatoms. The van der Waals surface area contributed by atoms with Crippen LogP contribution in [-0.2, 0) is 9.53 Å². The number of piperidine rings is 1. The van der Waals surface area contributed by atoms with Crippen LogP contribution >= 0.6 is 0 Å². The first kappa shape index (κ1) is 13.5. The Morgan fingerprint density at radius 2 is 2.19 bits per heavy atom. The molecule has 0 aromatic rings. The standard InChI is InChI=1S/C12H23NO3/c1-9(12(15)16-3)10(2)13-7-5-4-6-11(13)8-14/h9-11,14H,4-8H2,1-3H3. The van der Waals surface area contributed by atoms with Gasteiger partial charge in [0.25, 0.3) is 0 Å². The lowest BCUT2D eigenvalue weighted by Gasteiger charge is -2.40. The zero-order valence-electron chi connectivity index (χ0n) is 10.5. The van der Waals surface area contributed by atoms with E-state index in [2.05, 4.69) is 4.90 Å². The summed E-state index contributed by atoms with van der Waals surface area (Å²) in [5, 5.41) is 9.33.